The highest BCUT2D eigenvalue weighted by Crippen LogP contribution is 2.31. The number of carbonyl (C=O) groups excluding carboxylic acids is 1. The van der Waals surface area contributed by atoms with Crippen LogP contribution in [0.1, 0.15) is 17.3 Å². The number of esters is 1. The minimum Gasteiger partial charge on any atom is -0.462 e. The van der Waals surface area contributed by atoms with Crippen molar-refractivity contribution in [1.29, 1.82) is 0 Å². The van der Waals surface area contributed by atoms with Crippen LogP contribution in [0, 0.1) is 0 Å². The molecule has 1 heterocycles. The summed E-state index contributed by atoms with van der Waals surface area (Å²) in [7, 11) is 1.13. The van der Waals surface area contributed by atoms with Crippen molar-refractivity contribution in [3.8, 4) is 11.5 Å². The van der Waals surface area contributed by atoms with Gasteiger partial charge in [-0.1, -0.05) is 11.6 Å². The Morgan fingerprint density at radius 3 is 2.92 bits per heavy atom. The van der Waals surface area contributed by atoms with Crippen LogP contribution in [-0.2, 0) is 4.74 Å². The second kappa shape index (κ2) is 8.91. The molecule has 6 nitrogen and oxygen atoms in total. The summed E-state index contributed by atoms with van der Waals surface area (Å²) in [6, 6.07) is 7.91. The SMILES string of the molecule is CCOC(=O)c1ccc(Cl)c(Oc2ccnc(N=C(N)SBr)c2)c1. The van der Waals surface area contributed by atoms with E-state index in [1.54, 1.807) is 31.2 Å². The van der Waals surface area contributed by atoms with E-state index in [9.17, 15) is 4.79 Å². The van der Waals surface area contributed by atoms with Gasteiger partial charge in [-0.15, -0.1) is 0 Å². The van der Waals surface area contributed by atoms with Crippen LogP contribution < -0.4 is 10.5 Å². The molecule has 0 amide bonds. The van der Waals surface area contributed by atoms with Crippen molar-refractivity contribution in [2.45, 2.75) is 6.92 Å². The van der Waals surface area contributed by atoms with E-state index >= 15 is 0 Å². The van der Waals surface area contributed by atoms with Crippen LogP contribution in [-0.4, -0.2) is 22.7 Å². The van der Waals surface area contributed by atoms with Crippen LogP contribution in [0.25, 0.3) is 0 Å². The maximum atomic E-state index is 11.8. The van der Waals surface area contributed by atoms with Crippen LogP contribution in [0.15, 0.2) is 41.5 Å². The van der Waals surface area contributed by atoms with Gasteiger partial charge in [-0.25, -0.2) is 14.8 Å². The monoisotopic (exact) mass is 429 g/mol. The zero-order valence-corrected chi connectivity index (χ0v) is 15.7. The van der Waals surface area contributed by atoms with Gasteiger partial charge in [0.05, 0.1) is 17.2 Å². The lowest BCUT2D eigenvalue weighted by molar-refractivity contribution is 0.0526. The number of hydrogen-bond donors (Lipinski definition) is 1. The second-order valence-electron chi connectivity index (χ2n) is 4.34. The van der Waals surface area contributed by atoms with Crippen LogP contribution in [0.3, 0.4) is 0 Å². The van der Waals surface area contributed by atoms with Crippen molar-refractivity contribution in [3.05, 3.63) is 47.1 Å². The number of nitrogens with two attached hydrogens (primary N) is 1. The molecule has 0 fully saturated rings. The van der Waals surface area contributed by atoms with Gasteiger partial charge < -0.3 is 15.2 Å². The molecular weight excluding hydrogens is 418 g/mol. The van der Waals surface area contributed by atoms with Gasteiger partial charge in [0.15, 0.2) is 11.0 Å². The van der Waals surface area contributed by atoms with E-state index in [1.165, 1.54) is 12.3 Å². The van der Waals surface area contributed by atoms with Gasteiger partial charge >= 0.3 is 5.97 Å². The van der Waals surface area contributed by atoms with Gasteiger partial charge in [0.1, 0.15) is 11.5 Å². The molecule has 0 radical (unpaired) electrons. The molecule has 2 N–H and O–H groups in total. The van der Waals surface area contributed by atoms with Crippen LogP contribution in [0.4, 0.5) is 5.82 Å². The molecular formula is C15H13BrClN3O3S. The fourth-order valence-electron chi connectivity index (χ4n) is 1.70. The lowest BCUT2D eigenvalue weighted by Gasteiger charge is -2.09. The van der Waals surface area contributed by atoms with Gasteiger partial charge in [-0.2, -0.15) is 0 Å². The van der Waals surface area contributed by atoms with Crippen molar-refractivity contribution in [2.24, 2.45) is 10.7 Å². The molecule has 0 atom stereocenters. The largest absolute Gasteiger partial charge is 0.462 e. The Bertz CT molecular complexity index is 773. The number of hydrogen-bond acceptors (Lipinski definition) is 6. The number of amidine groups is 1. The molecule has 126 valence electrons. The third-order valence-corrected chi connectivity index (χ3v) is 4.25. The number of nitrogens with zero attached hydrogens (tertiary/aromatic N) is 2. The quantitative estimate of drug-likeness (QED) is 0.420. The smallest absolute Gasteiger partial charge is 0.338 e. The molecule has 0 aliphatic heterocycles. The highest BCUT2D eigenvalue weighted by Gasteiger charge is 2.11. The third kappa shape index (κ3) is 5.12. The Morgan fingerprint density at radius 1 is 1.42 bits per heavy atom. The number of ether oxygens (including phenoxy) is 2. The first-order valence-electron chi connectivity index (χ1n) is 6.76. The Morgan fingerprint density at radius 2 is 2.21 bits per heavy atom. The molecule has 0 saturated heterocycles. The molecule has 2 aromatic rings. The van der Waals surface area contributed by atoms with E-state index < -0.39 is 5.97 Å². The highest BCUT2D eigenvalue weighted by molar-refractivity contribution is 9.52. The molecule has 0 bridgehead atoms. The predicted molar refractivity (Wildman–Crippen MR) is 99.5 cm³/mol. The van der Waals surface area contributed by atoms with E-state index in [1.807, 2.05) is 0 Å². The standard InChI is InChI=1S/C15H13BrClN3O3S/c1-2-22-14(21)9-3-4-11(17)12(7-9)23-10-5-6-19-13(8-10)20-15(18)24-16/h3-8H,2H2,1H3,(H2,18,19,20). The maximum Gasteiger partial charge on any atom is 0.338 e. The van der Waals surface area contributed by atoms with E-state index in [2.05, 4.69) is 24.8 Å². The number of benzene rings is 1. The van der Waals surface area contributed by atoms with Crippen molar-refractivity contribution < 1.29 is 14.3 Å². The van der Waals surface area contributed by atoms with Crippen molar-refractivity contribution in [2.75, 3.05) is 6.61 Å². The summed E-state index contributed by atoms with van der Waals surface area (Å²) in [5.41, 5.74) is 5.98. The molecule has 0 aliphatic rings. The fraction of sp³-hybridized carbons (Fsp3) is 0.133. The average molecular weight is 431 g/mol. The van der Waals surface area contributed by atoms with Crippen molar-refractivity contribution in [1.82, 2.24) is 4.98 Å². The van der Waals surface area contributed by atoms with E-state index in [0.29, 0.717) is 33.1 Å². The van der Waals surface area contributed by atoms with Crippen LogP contribution >= 0.6 is 36.6 Å². The lowest BCUT2D eigenvalue weighted by atomic mass is 10.2. The van der Waals surface area contributed by atoms with E-state index in [4.69, 9.17) is 26.8 Å². The van der Waals surface area contributed by atoms with Gasteiger partial charge in [-0.3, -0.25) is 0 Å². The maximum absolute atomic E-state index is 11.8. The molecule has 0 saturated carbocycles. The number of halogens is 2. The summed E-state index contributed by atoms with van der Waals surface area (Å²) in [6.07, 6.45) is 1.53. The van der Waals surface area contributed by atoms with Crippen molar-refractivity contribution >= 4 is 53.6 Å². The van der Waals surface area contributed by atoms with Gasteiger partial charge in [0, 0.05) is 12.3 Å². The van der Waals surface area contributed by atoms with Gasteiger partial charge in [0.2, 0.25) is 0 Å². The zero-order valence-electron chi connectivity index (χ0n) is 12.5. The first-order valence-corrected chi connectivity index (χ1v) is 9.80. The van der Waals surface area contributed by atoms with E-state index in [0.717, 1.165) is 10.2 Å². The number of rotatable bonds is 5. The summed E-state index contributed by atoms with van der Waals surface area (Å²) in [5.74, 6) is 0.723. The average Bonchev–Trinajstić information content (AvgIpc) is 2.57. The predicted octanol–water partition coefficient (Wildman–Crippen LogP) is 4.69. The molecule has 9 heteroatoms. The second-order valence-corrected chi connectivity index (χ2v) is 6.30. The third-order valence-electron chi connectivity index (χ3n) is 2.69. The highest BCUT2D eigenvalue weighted by atomic mass is 79.9. The number of aromatic nitrogens is 1. The van der Waals surface area contributed by atoms with Gasteiger partial charge in [0.25, 0.3) is 0 Å². The van der Waals surface area contributed by atoms with E-state index in [-0.39, 0.29) is 6.61 Å². The summed E-state index contributed by atoms with van der Waals surface area (Å²) in [4.78, 5) is 20.0. The molecule has 0 aliphatic carbocycles. The minimum absolute atomic E-state index is 0.288. The zero-order chi connectivity index (χ0) is 17.5. The summed E-state index contributed by atoms with van der Waals surface area (Å²) < 4.78 is 10.7. The number of pyridine rings is 1. The Labute approximate surface area is 155 Å². The molecule has 1 aromatic heterocycles. The summed E-state index contributed by atoms with van der Waals surface area (Å²) >= 11 is 9.25. The Balaban J connectivity index is 2.26. The minimum atomic E-state index is -0.443. The number of aliphatic imine (C=N–C) groups is 1. The Kier molecular flexibility index (Phi) is 6.89. The Hall–Kier alpha value is -1.77. The molecule has 2 rings (SSSR count). The first-order chi connectivity index (χ1) is 11.5. The fourth-order valence-corrected chi connectivity index (χ4v) is 2.21. The number of carbonyl (C=O) groups is 1. The molecule has 1 aromatic carbocycles. The topological polar surface area (TPSA) is 86.8 Å². The molecule has 0 unspecified atom stereocenters. The molecule has 24 heavy (non-hydrogen) atoms. The van der Waals surface area contributed by atoms with Crippen molar-refractivity contribution in [3.63, 3.8) is 0 Å². The van der Waals surface area contributed by atoms with Crippen LogP contribution in [0.2, 0.25) is 5.02 Å². The molecule has 0 spiro atoms. The lowest BCUT2D eigenvalue weighted by Crippen LogP contribution is -2.04. The summed E-state index contributed by atoms with van der Waals surface area (Å²) in [6.45, 7) is 2.03. The van der Waals surface area contributed by atoms with Crippen LogP contribution in [0.5, 0.6) is 11.5 Å². The normalized spacial score (nSPS) is 11.2. The van der Waals surface area contributed by atoms with Gasteiger partial charge in [-0.05, 0) is 56.2 Å². The first kappa shape index (κ1) is 18.6. The summed E-state index contributed by atoms with van der Waals surface area (Å²) in [5, 5.41) is 0.669.